The van der Waals surface area contributed by atoms with Crippen LogP contribution in [0.3, 0.4) is 0 Å². The molecule has 194 valence electrons. The number of rotatable bonds is 5. The molecule has 4 aromatic rings. The molecule has 1 aliphatic rings. The fourth-order valence-corrected chi connectivity index (χ4v) is 6.11. The number of amides is 2. The molecule has 1 saturated heterocycles. The molecule has 0 aliphatic carbocycles. The second-order valence-corrected chi connectivity index (χ2v) is 11.0. The van der Waals surface area contributed by atoms with Crippen LogP contribution in [-0.2, 0) is 10.0 Å². The van der Waals surface area contributed by atoms with E-state index in [0.29, 0.717) is 35.6 Å². The van der Waals surface area contributed by atoms with Crippen molar-refractivity contribution in [2.75, 3.05) is 17.8 Å². The minimum absolute atomic E-state index is 0.0801. The summed E-state index contributed by atoms with van der Waals surface area (Å²) in [5.74, 6) is -0.336. The summed E-state index contributed by atoms with van der Waals surface area (Å²) in [6, 6.07) is 19.7. The van der Waals surface area contributed by atoms with Gasteiger partial charge in [-0.2, -0.15) is 0 Å². The van der Waals surface area contributed by atoms with Crippen LogP contribution < -0.4 is 4.72 Å². The van der Waals surface area contributed by atoms with Gasteiger partial charge in [0.15, 0.2) is 0 Å². The van der Waals surface area contributed by atoms with Crippen molar-refractivity contribution in [1.29, 1.82) is 0 Å². The Morgan fingerprint density at radius 2 is 1.50 bits per heavy atom. The molecule has 2 unspecified atom stereocenters. The molecule has 2 amide bonds. The van der Waals surface area contributed by atoms with Gasteiger partial charge in [-0.1, -0.05) is 24.3 Å². The van der Waals surface area contributed by atoms with Crippen LogP contribution in [0.1, 0.15) is 34.7 Å². The zero-order chi connectivity index (χ0) is 26.9. The summed E-state index contributed by atoms with van der Waals surface area (Å²) in [6.45, 7) is 4.60. The van der Waals surface area contributed by atoms with Crippen molar-refractivity contribution in [2.24, 2.45) is 0 Å². The molecule has 10 heteroatoms. The number of pyridine rings is 2. The predicted molar refractivity (Wildman–Crippen MR) is 144 cm³/mol. The van der Waals surface area contributed by atoms with E-state index in [4.69, 9.17) is 0 Å². The van der Waals surface area contributed by atoms with Gasteiger partial charge >= 0.3 is 0 Å². The Morgan fingerprint density at radius 3 is 2.18 bits per heavy atom. The van der Waals surface area contributed by atoms with Gasteiger partial charge in [-0.15, -0.1) is 0 Å². The summed E-state index contributed by atoms with van der Waals surface area (Å²) in [5.41, 5.74) is 1.53. The maximum Gasteiger partial charge on any atom is 0.272 e. The average molecular weight is 530 g/mol. The summed E-state index contributed by atoms with van der Waals surface area (Å²) in [5, 5.41) is 0.724. The molecule has 1 N–H and O–H groups in total. The van der Waals surface area contributed by atoms with E-state index < -0.39 is 10.0 Å². The fourth-order valence-electron chi connectivity index (χ4n) is 4.87. The highest BCUT2D eigenvalue weighted by Gasteiger charge is 2.35. The summed E-state index contributed by atoms with van der Waals surface area (Å²) in [4.78, 5) is 38.2. The Kier molecular flexibility index (Phi) is 6.81. The van der Waals surface area contributed by atoms with E-state index in [9.17, 15) is 18.0 Å². The monoisotopic (exact) mass is 529 g/mol. The molecule has 5 rings (SSSR count). The van der Waals surface area contributed by atoms with Crippen LogP contribution in [0.2, 0.25) is 0 Å². The van der Waals surface area contributed by atoms with E-state index in [2.05, 4.69) is 14.7 Å². The molecule has 38 heavy (non-hydrogen) atoms. The number of fused-ring (bicyclic) bond motifs is 1. The normalized spacial score (nSPS) is 17.8. The van der Waals surface area contributed by atoms with Crippen molar-refractivity contribution < 1.29 is 18.0 Å². The van der Waals surface area contributed by atoms with Crippen LogP contribution in [0, 0.1) is 0 Å². The summed E-state index contributed by atoms with van der Waals surface area (Å²) >= 11 is 0. The smallest absolute Gasteiger partial charge is 0.272 e. The third-order valence-corrected chi connectivity index (χ3v) is 8.01. The van der Waals surface area contributed by atoms with Crippen molar-refractivity contribution in [3.63, 3.8) is 0 Å². The number of carbonyl (C=O) groups is 2. The highest BCUT2D eigenvalue weighted by Crippen LogP contribution is 2.25. The van der Waals surface area contributed by atoms with Crippen LogP contribution in [0.15, 0.2) is 90.1 Å². The predicted octanol–water partition coefficient (Wildman–Crippen LogP) is 3.81. The Labute approximate surface area is 221 Å². The number of nitrogens with zero attached hydrogens (tertiary/aromatic N) is 4. The molecule has 2 atom stereocenters. The largest absolute Gasteiger partial charge is 0.333 e. The van der Waals surface area contributed by atoms with Gasteiger partial charge in [0.1, 0.15) is 10.6 Å². The Bertz CT molecular complexity index is 1580. The quantitative estimate of drug-likeness (QED) is 0.421. The van der Waals surface area contributed by atoms with Gasteiger partial charge in [-0.05, 0) is 62.4 Å². The van der Waals surface area contributed by atoms with E-state index in [-0.39, 0.29) is 28.8 Å². The molecule has 1 aliphatic heterocycles. The summed E-state index contributed by atoms with van der Waals surface area (Å²) < 4.78 is 28.8. The molecular formula is C28H27N5O4S. The lowest BCUT2D eigenvalue weighted by molar-refractivity contribution is 0.0252. The maximum absolute atomic E-state index is 13.4. The van der Waals surface area contributed by atoms with Gasteiger partial charge in [-0.25, -0.2) is 8.42 Å². The van der Waals surface area contributed by atoms with Crippen molar-refractivity contribution in [2.45, 2.75) is 30.8 Å². The number of hydrogen-bond donors (Lipinski definition) is 1. The zero-order valence-electron chi connectivity index (χ0n) is 21.0. The molecule has 0 radical (unpaired) electrons. The first kappa shape index (κ1) is 25.3. The summed E-state index contributed by atoms with van der Waals surface area (Å²) in [7, 11) is -3.90. The lowest BCUT2D eigenvalue weighted by atomic mass is 10.0. The van der Waals surface area contributed by atoms with E-state index in [1.807, 2.05) is 13.8 Å². The molecule has 9 nitrogen and oxygen atoms in total. The van der Waals surface area contributed by atoms with Gasteiger partial charge in [0.25, 0.3) is 21.8 Å². The number of carbonyl (C=O) groups excluding carboxylic acids is 2. The Morgan fingerprint density at radius 1 is 0.816 bits per heavy atom. The minimum Gasteiger partial charge on any atom is -0.333 e. The fraction of sp³-hybridized carbons (Fsp3) is 0.214. The zero-order valence-corrected chi connectivity index (χ0v) is 21.8. The van der Waals surface area contributed by atoms with Crippen molar-refractivity contribution in [1.82, 2.24) is 19.8 Å². The SMILES string of the molecule is CC1CN(C(=O)c2ccccn2)CC(C)N1C(=O)c1ccc(NS(=O)(=O)c2cccc3cccnc23)cc1. The van der Waals surface area contributed by atoms with Crippen molar-refractivity contribution >= 4 is 38.4 Å². The Balaban J connectivity index is 1.29. The first-order valence-electron chi connectivity index (χ1n) is 12.2. The number of aromatic nitrogens is 2. The van der Waals surface area contributed by atoms with Gasteiger partial charge in [0, 0.05) is 54.2 Å². The third-order valence-electron chi connectivity index (χ3n) is 6.59. The first-order valence-corrected chi connectivity index (χ1v) is 13.7. The van der Waals surface area contributed by atoms with Gasteiger partial charge in [0.05, 0.1) is 5.52 Å². The lowest BCUT2D eigenvalue weighted by Crippen LogP contribution is -2.59. The van der Waals surface area contributed by atoms with E-state index in [1.54, 1.807) is 88.9 Å². The number of nitrogens with one attached hydrogen (secondary N) is 1. The highest BCUT2D eigenvalue weighted by atomic mass is 32.2. The van der Waals surface area contributed by atoms with Crippen LogP contribution >= 0.6 is 0 Å². The van der Waals surface area contributed by atoms with Gasteiger partial charge < -0.3 is 9.80 Å². The van der Waals surface area contributed by atoms with Gasteiger partial charge in [-0.3, -0.25) is 24.3 Å². The summed E-state index contributed by atoms with van der Waals surface area (Å²) in [6.07, 6.45) is 3.14. The third kappa shape index (κ3) is 4.95. The topological polar surface area (TPSA) is 113 Å². The average Bonchev–Trinajstić information content (AvgIpc) is 2.92. The van der Waals surface area contributed by atoms with E-state index >= 15 is 0 Å². The molecular weight excluding hydrogens is 502 g/mol. The van der Waals surface area contributed by atoms with Crippen LogP contribution in [0.4, 0.5) is 5.69 Å². The number of piperazine rings is 1. The number of anilines is 1. The van der Waals surface area contributed by atoms with Crippen LogP contribution in [0.5, 0.6) is 0 Å². The molecule has 3 heterocycles. The number of hydrogen-bond acceptors (Lipinski definition) is 6. The van der Waals surface area contributed by atoms with E-state index in [0.717, 1.165) is 5.39 Å². The second-order valence-electron chi connectivity index (χ2n) is 9.35. The highest BCUT2D eigenvalue weighted by molar-refractivity contribution is 7.93. The standard InChI is InChI=1S/C28H27N5O4S/c1-19-17-32(28(35)24-9-3-4-15-29-24)18-20(2)33(19)27(34)22-11-13-23(14-12-22)31-38(36,37)25-10-5-7-21-8-6-16-30-26(21)25/h3-16,19-20,31H,17-18H2,1-2H3. The molecule has 2 aromatic heterocycles. The van der Waals surface area contributed by atoms with Crippen molar-refractivity contribution in [3.8, 4) is 0 Å². The molecule has 0 saturated carbocycles. The van der Waals surface area contributed by atoms with Crippen molar-refractivity contribution in [3.05, 3.63) is 96.4 Å². The number of benzene rings is 2. The first-order chi connectivity index (χ1) is 18.2. The molecule has 1 fully saturated rings. The van der Waals surface area contributed by atoms with Crippen LogP contribution in [0.25, 0.3) is 10.9 Å². The molecule has 2 aromatic carbocycles. The maximum atomic E-state index is 13.4. The molecule has 0 bridgehead atoms. The Hall–Kier alpha value is -4.31. The minimum atomic E-state index is -3.90. The number of sulfonamides is 1. The second kappa shape index (κ2) is 10.2. The van der Waals surface area contributed by atoms with Crippen LogP contribution in [-0.4, -0.2) is 65.2 Å². The molecule has 0 spiro atoms. The number of para-hydroxylation sites is 1. The van der Waals surface area contributed by atoms with Gasteiger partial charge in [0.2, 0.25) is 0 Å². The van der Waals surface area contributed by atoms with E-state index in [1.165, 1.54) is 6.07 Å². The lowest BCUT2D eigenvalue weighted by Gasteiger charge is -2.44.